The predicted molar refractivity (Wildman–Crippen MR) is 117 cm³/mol. The van der Waals surface area contributed by atoms with Crippen molar-refractivity contribution in [2.45, 2.75) is 53.5 Å². The van der Waals surface area contributed by atoms with Crippen LogP contribution in [0.25, 0.3) is 10.4 Å². The molecule has 0 unspecified atom stereocenters. The first-order valence-corrected chi connectivity index (χ1v) is 10.2. The van der Waals surface area contributed by atoms with Gasteiger partial charge in [-0.25, -0.2) is 9.18 Å². The van der Waals surface area contributed by atoms with E-state index in [1.54, 1.807) is 23.1 Å². The average Bonchev–Trinajstić information content (AvgIpc) is 3.07. The van der Waals surface area contributed by atoms with Gasteiger partial charge in [0.2, 0.25) is 0 Å². The number of hydrogen-bond acceptors (Lipinski definition) is 3. The molecule has 3 rings (SSSR count). The van der Waals surface area contributed by atoms with Gasteiger partial charge < -0.3 is 10.0 Å². The zero-order chi connectivity index (χ0) is 20.4. The SMILES string of the molecule is C.CC(C)N(C(=O)C1=CC[C@H](C)CC1)c1cc(-c2ccc(F)cc2)sc1C(=O)O. The Morgan fingerprint density at radius 1 is 1.24 bits per heavy atom. The fourth-order valence-electron chi connectivity index (χ4n) is 3.41. The molecule has 0 aliphatic heterocycles. The fraction of sp³-hybridized carbons (Fsp3) is 0.391. The average molecular weight is 418 g/mol. The molecule has 0 fully saturated rings. The first kappa shape index (κ1) is 22.8. The number of carbonyl (C=O) groups is 2. The molecule has 1 N–H and O–H groups in total. The van der Waals surface area contributed by atoms with E-state index in [9.17, 15) is 19.1 Å². The smallest absolute Gasteiger partial charge is 0.348 e. The number of allylic oxidation sites excluding steroid dienone is 1. The van der Waals surface area contributed by atoms with E-state index in [1.165, 1.54) is 12.1 Å². The van der Waals surface area contributed by atoms with Crippen molar-refractivity contribution < 1.29 is 19.1 Å². The van der Waals surface area contributed by atoms with E-state index >= 15 is 0 Å². The number of anilines is 1. The lowest BCUT2D eigenvalue weighted by Gasteiger charge is -2.29. The van der Waals surface area contributed by atoms with Gasteiger partial charge in [0.25, 0.3) is 5.91 Å². The minimum absolute atomic E-state index is 0. The van der Waals surface area contributed by atoms with Crippen molar-refractivity contribution in [3.8, 4) is 10.4 Å². The minimum Gasteiger partial charge on any atom is -0.477 e. The molecule has 1 heterocycles. The molecule has 1 atom stereocenters. The summed E-state index contributed by atoms with van der Waals surface area (Å²) in [5.41, 5.74) is 1.87. The van der Waals surface area contributed by atoms with Gasteiger partial charge >= 0.3 is 5.97 Å². The maximum absolute atomic E-state index is 13.2. The number of thiophene rings is 1. The second-order valence-corrected chi connectivity index (χ2v) is 8.57. The van der Waals surface area contributed by atoms with E-state index in [2.05, 4.69) is 6.92 Å². The Labute approximate surface area is 175 Å². The van der Waals surface area contributed by atoms with Crippen LogP contribution < -0.4 is 4.90 Å². The molecule has 1 aromatic carbocycles. The third kappa shape index (κ3) is 4.93. The second kappa shape index (κ2) is 9.35. The van der Waals surface area contributed by atoms with Gasteiger partial charge in [-0.2, -0.15) is 0 Å². The van der Waals surface area contributed by atoms with Gasteiger partial charge in [0.05, 0.1) is 5.69 Å². The topological polar surface area (TPSA) is 57.6 Å². The van der Waals surface area contributed by atoms with Gasteiger partial charge in [-0.05, 0) is 62.8 Å². The van der Waals surface area contributed by atoms with Crippen LogP contribution in [0.2, 0.25) is 0 Å². The Hall–Kier alpha value is -2.47. The third-order valence-corrected chi connectivity index (χ3v) is 6.14. The van der Waals surface area contributed by atoms with E-state index in [4.69, 9.17) is 0 Å². The predicted octanol–water partition coefficient (Wildman–Crippen LogP) is 6.38. The van der Waals surface area contributed by atoms with Crippen molar-refractivity contribution in [1.29, 1.82) is 0 Å². The zero-order valence-corrected chi connectivity index (χ0v) is 17.1. The summed E-state index contributed by atoms with van der Waals surface area (Å²) in [6, 6.07) is 7.45. The molecular weight excluding hydrogens is 389 g/mol. The Balaban J connectivity index is 0.00000300. The number of carboxylic acids is 1. The molecule has 6 heteroatoms. The molecular formula is C23H28FNO3S. The molecule has 1 aliphatic rings. The maximum Gasteiger partial charge on any atom is 0.348 e. The van der Waals surface area contributed by atoms with Gasteiger partial charge in [-0.3, -0.25) is 4.79 Å². The molecule has 2 aromatic rings. The molecule has 0 saturated heterocycles. The van der Waals surface area contributed by atoms with Crippen LogP contribution in [0.3, 0.4) is 0 Å². The number of benzene rings is 1. The van der Waals surface area contributed by atoms with Crippen LogP contribution in [0.15, 0.2) is 42.0 Å². The first-order chi connectivity index (χ1) is 13.3. The Kier molecular flexibility index (Phi) is 7.36. The number of rotatable bonds is 5. The van der Waals surface area contributed by atoms with Crippen molar-refractivity contribution in [3.05, 3.63) is 52.7 Å². The fourth-order valence-corrected chi connectivity index (χ4v) is 4.40. The van der Waals surface area contributed by atoms with E-state index in [0.29, 0.717) is 22.9 Å². The molecule has 0 spiro atoms. The van der Waals surface area contributed by atoms with Gasteiger partial charge in [-0.1, -0.05) is 32.6 Å². The highest BCUT2D eigenvalue weighted by Crippen LogP contribution is 2.39. The molecule has 156 valence electrons. The molecule has 1 amide bonds. The highest BCUT2D eigenvalue weighted by Gasteiger charge is 2.30. The second-order valence-electron chi connectivity index (χ2n) is 7.51. The number of nitrogens with zero attached hydrogens (tertiary/aromatic N) is 1. The van der Waals surface area contributed by atoms with Gasteiger partial charge in [0.15, 0.2) is 0 Å². The summed E-state index contributed by atoms with van der Waals surface area (Å²) in [7, 11) is 0. The van der Waals surface area contributed by atoms with Crippen LogP contribution in [0.5, 0.6) is 0 Å². The Morgan fingerprint density at radius 2 is 1.90 bits per heavy atom. The lowest BCUT2D eigenvalue weighted by atomic mass is 9.90. The van der Waals surface area contributed by atoms with Crippen molar-refractivity contribution in [1.82, 2.24) is 0 Å². The van der Waals surface area contributed by atoms with Crippen molar-refractivity contribution >= 4 is 28.9 Å². The summed E-state index contributed by atoms with van der Waals surface area (Å²) in [5, 5.41) is 9.73. The van der Waals surface area contributed by atoms with Crippen LogP contribution in [-0.4, -0.2) is 23.0 Å². The van der Waals surface area contributed by atoms with E-state index in [0.717, 1.165) is 35.3 Å². The lowest BCUT2D eigenvalue weighted by Crippen LogP contribution is -2.39. The van der Waals surface area contributed by atoms with Gasteiger partial charge in [-0.15, -0.1) is 11.3 Å². The number of carbonyl (C=O) groups excluding carboxylic acids is 1. The number of aromatic carboxylic acids is 1. The van der Waals surface area contributed by atoms with Crippen LogP contribution >= 0.6 is 11.3 Å². The van der Waals surface area contributed by atoms with E-state index in [-0.39, 0.29) is 30.1 Å². The summed E-state index contributed by atoms with van der Waals surface area (Å²) in [6.45, 7) is 5.92. The van der Waals surface area contributed by atoms with Crippen molar-refractivity contribution in [3.63, 3.8) is 0 Å². The number of carboxylic acid groups (broad SMARTS) is 1. The molecule has 1 aromatic heterocycles. The number of halogens is 1. The van der Waals surface area contributed by atoms with Crippen molar-refractivity contribution in [2.24, 2.45) is 5.92 Å². The molecule has 29 heavy (non-hydrogen) atoms. The highest BCUT2D eigenvalue weighted by atomic mass is 32.1. The molecule has 4 nitrogen and oxygen atoms in total. The van der Waals surface area contributed by atoms with Crippen LogP contribution in [0, 0.1) is 11.7 Å². The number of hydrogen-bond donors (Lipinski definition) is 1. The van der Waals surface area contributed by atoms with Crippen LogP contribution in [-0.2, 0) is 4.79 Å². The highest BCUT2D eigenvalue weighted by molar-refractivity contribution is 7.18. The zero-order valence-electron chi connectivity index (χ0n) is 16.2. The lowest BCUT2D eigenvalue weighted by molar-refractivity contribution is -0.115. The maximum atomic E-state index is 13.2. The third-order valence-electron chi connectivity index (χ3n) is 4.98. The number of amides is 1. The van der Waals surface area contributed by atoms with Gasteiger partial charge in [0.1, 0.15) is 10.7 Å². The quantitative estimate of drug-likeness (QED) is 0.614. The molecule has 0 radical (unpaired) electrons. The van der Waals surface area contributed by atoms with Crippen LogP contribution in [0.1, 0.15) is 57.1 Å². The van der Waals surface area contributed by atoms with E-state index in [1.807, 2.05) is 19.9 Å². The standard InChI is InChI=1S/C22H24FNO3S.CH4/c1-13(2)24(21(25)16-6-4-14(3)5-7-16)18-12-19(28-20(18)22(26)27)15-8-10-17(23)11-9-15;/h6,8-14H,4-5,7H2,1-3H3,(H,26,27);1H4/t14-;/m0./s1. The van der Waals surface area contributed by atoms with Crippen molar-refractivity contribution in [2.75, 3.05) is 4.90 Å². The summed E-state index contributed by atoms with van der Waals surface area (Å²) < 4.78 is 13.2. The molecule has 1 aliphatic carbocycles. The van der Waals surface area contributed by atoms with Crippen LogP contribution in [0.4, 0.5) is 10.1 Å². The Morgan fingerprint density at radius 3 is 2.41 bits per heavy atom. The monoisotopic (exact) mass is 417 g/mol. The summed E-state index contributed by atoms with van der Waals surface area (Å²) in [5.74, 6) is -0.993. The summed E-state index contributed by atoms with van der Waals surface area (Å²) >= 11 is 1.10. The Bertz CT molecular complexity index is 915. The molecule has 0 bridgehead atoms. The van der Waals surface area contributed by atoms with Gasteiger partial charge in [0, 0.05) is 16.5 Å². The molecule has 0 saturated carbocycles. The first-order valence-electron chi connectivity index (χ1n) is 9.43. The minimum atomic E-state index is -1.07. The summed E-state index contributed by atoms with van der Waals surface area (Å²) in [6.07, 6.45) is 4.52. The largest absolute Gasteiger partial charge is 0.477 e. The summed E-state index contributed by atoms with van der Waals surface area (Å²) in [4.78, 5) is 27.5. The van der Waals surface area contributed by atoms with E-state index < -0.39 is 5.97 Å². The normalized spacial score (nSPS) is 16.2.